The number of hydrogen-bond donors (Lipinski definition) is 2. The van der Waals surface area contributed by atoms with E-state index in [4.69, 9.17) is 4.74 Å². The van der Waals surface area contributed by atoms with Gasteiger partial charge in [0, 0.05) is 18.6 Å². The van der Waals surface area contributed by atoms with Crippen LogP contribution >= 0.6 is 11.8 Å². The van der Waals surface area contributed by atoms with Gasteiger partial charge in [-0.1, -0.05) is 12.1 Å². The number of hydrogen-bond acceptors (Lipinski definition) is 4. The molecule has 0 heterocycles. The minimum absolute atomic E-state index is 0.0711. The number of halogens is 3. The molecule has 0 saturated carbocycles. The molecule has 8 heteroatoms. The lowest BCUT2D eigenvalue weighted by Gasteiger charge is -2.12. The Morgan fingerprint density at radius 2 is 2.05 bits per heavy atom. The maximum absolute atomic E-state index is 12.2. The highest BCUT2D eigenvalue weighted by molar-refractivity contribution is 7.99. The van der Waals surface area contributed by atoms with Crippen LogP contribution in [0.4, 0.5) is 18.9 Å². The molecule has 0 unspecified atom stereocenters. The van der Waals surface area contributed by atoms with Crippen LogP contribution in [0, 0.1) is 0 Å². The van der Waals surface area contributed by atoms with E-state index in [1.165, 1.54) is 0 Å². The van der Waals surface area contributed by atoms with E-state index in [1.807, 2.05) is 0 Å². The van der Waals surface area contributed by atoms with E-state index in [0.29, 0.717) is 35.5 Å². The molecule has 0 aliphatic heterocycles. The molecule has 0 atom stereocenters. The lowest BCUT2D eigenvalue weighted by Crippen LogP contribution is -2.30. The van der Waals surface area contributed by atoms with Crippen molar-refractivity contribution in [2.75, 3.05) is 37.9 Å². The lowest BCUT2D eigenvalue weighted by molar-refractivity contribution is -0.115. The van der Waals surface area contributed by atoms with Gasteiger partial charge in [0.05, 0.1) is 24.6 Å². The van der Waals surface area contributed by atoms with Crippen molar-refractivity contribution in [2.24, 2.45) is 0 Å². The normalized spacial score (nSPS) is 11.4. The van der Waals surface area contributed by atoms with E-state index in [-0.39, 0.29) is 12.5 Å². The third-order valence-corrected chi connectivity index (χ3v) is 3.46. The Morgan fingerprint density at radius 1 is 1.33 bits per heavy atom. The van der Waals surface area contributed by atoms with Crippen molar-refractivity contribution in [3.8, 4) is 0 Å². The monoisotopic (exact) mass is 322 g/mol. The zero-order chi connectivity index (χ0) is 15.7. The number of alkyl halides is 3. The molecule has 0 aliphatic carbocycles. The average Bonchev–Trinajstić information content (AvgIpc) is 2.42. The van der Waals surface area contributed by atoms with Crippen molar-refractivity contribution in [3.63, 3.8) is 0 Å². The highest BCUT2D eigenvalue weighted by Crippen LogP contribution is 2.31. The van der Waals surface area contributed by atoms with Crippen LogP contribution in [0.1, 0.15) is 0 Å². The predicted molar refractivity (Wildman–Crippen MR) is 76.6 cm³/mol. The SMILES string of the molecule is COCCNCC(=O)Nc1ccccc1SCC(F)(F)F. The number of methoxy groups -OCH3 is 1. The molecule has 1 amide bonds. The third kappa shape index (κ3) is 7.93. The number of thioether (sulfide) groups is 1. The van der Waals surface area contributed by atoms with E-state index in [1.54, 1.807) is 31.4 Å². The van der Waals surface area contributed by atoms with E-state index >= 15 is 0 Å². The molecule has 21 heavy (non-hydrogen) atoms. The second-order valence-corrected chi connectivity index (χ2v) is 5.13. The van der Waals surface area contributed by atoms with Crippen LogP contribution in [-0.4, -0.2) is 44.6 Å². The van der Waals surface area contributed by atoms with Crippen molar-refractivity contribution < 1.29 is 22.7 Å². The fourth-order valence-electron chi connectivity index (χ4n) is 1.43. The highest BCUT2D eigenvalue weighted by atomic mass is 32.2. The number of nitrogens with one attached hydrogen (secondary N) is 2. The molecule has 0 radical (unpaired) electrons. The first-order valence-corrected chi connectivity index (χ1v) is 7.19. The van der Waals surface area contributed by atoms with Crippen LogP contribution < -0.4 is 10.6 Å². The van der Waals surface area contributed by atoms with Crippen LogP contribution in [-0.2, 0) is 9.53 Å². The minimum Gasteiger partial charge on any atom is -0.383 e. The summed E-state index contributed by atoms with van der Waals surface area (Å²) in [5, 5.41) is 5.45. The quantitative estimate of drug-likeness (QED) is 0.570. The smallest absolute Gasteiger partial charge is 0.383 e. The van der Waals surface area contributed by atoms with Gasteiger partial charge >= 0.3 is 6.18 Å². The number of benzene rings is 1. The van der Waals surface area contributed by atoms with Gasteiger partial charge in [-0.25, -0.2) is 0 Å². The van der Waals surface area contributed by atoms with Crippen LogP contribution in [0.15, 0.2) is 29.2 Å². The third-order valence-electron chi connectivity index (χ3n) is 2.32. The zero-order valence-electron chi connectivity index (χ0n) is 11.5. The highest BCUT2D eigenvalue weighted by Gasteiger charge is 2.27. The number of ether oxygens (including phenoxy) is 1. The van der Waals surface area contributed by atoms with E-state index in [9.17, 15) is 18.0 Å². The van der Waals surface area contributed by atoms with Gasteiger partial charge in [-0.2, -0.15) is 13.2 Å². The average molecular weight is 322 g/mol. The molecule has 0 bridgehead atoms. The Bertz CT molecular complexity index is 455. The van der Waals surface area contributed by atoms with Crippen molar-refractivity contribution in [3.05, 3.63) is 24.3 Å². The predicted octanol–water partition coefficient (Wildman–Crippen LogP) is 2.52. The van der Waals surface area contributed by atoms with Gasteiger partial charge in [-0.3, -0.25) is 4.79 Å². The maximum Gasteiger partial charge on any atom is 0.398 e. The summed E-state index contributed by atoms with van der Waals surface area (Å²) in [5.74, 6) is -1.31. The standard InChI is InChI=1S/C13H17F3N2O2S/c1-20-7-6-17-8-12(19)18-10-4-2-3-5-11(10)21-9-13(14,15)16/h2-5,17H,6-9H2,1H3,(H,18,19). The lowest BCUT2D eigenvalue weighted by atomic mass is 10.3. The van der Waals surface area contributed by atoms with Crippen molar-refractivity contribution in [1.29, 1.82) is 0 Å². The van der Waals surface area contributed by atoms with Gasteiger partial charge < -0.3 is 15.4 Å². The van der Waals surface area contributed by atoms with Gasteiger partial charge in [-0.15, -0.1) is 11.8 Å². The number of amides is 1. The first kappa shape index (κ1) is 17.8. The molecular weight excluding hydrogens is 305 g/mol. The van der Waals surface area contributed by atoms with Gasteiger partial charge in [-0.05, 0) is 12.1 Å². The molecule has 118 valence electrons. The van der Waals surface area contributed by atoms with Crippen molar-refractivity contribution in [1.82, 2.24) is 5.32 Å². The summed E-state index contributed by atoms with van der Waals surface area (Å²) < 4.78 is 41.6. The number of rotatable bonds is 8. The summed E-state index contributed by atoms with van der Waals surface area (Å²) in [7, 11) is 1.55. The fourth-order valence-corrected chi connectivity index (χ4v) is 2.19. The number of carbonyl (C=O) groups excluding carboxylic acids is 1. The Hall–Kier alpha value is -1.25. The summed E-state index contributed by atoms with van der Waals surface area (Å²) in [6, 6.07) is 6.41. The molecule has 0 fully saturated rings. The number of carbonyl (C=O) groups is 1. The Morgan fingerprint density at radius 3 is 2.71 bits per heavy atom. The maximum atomic E-state index is 12.2. The summed E-state index contributed by atoms with van der Waals surface area (Å²) in [4.78, 5) is 12.1. The van der Waals surface area contributed by atoms with E-state index in [0.717, 1.165) is 0 Å². The van der Waals surface area contributed by atoms with Crippen LogP contribution in [0.5, 0.6) is 0 Å². The van der Waals surface area contributed by atoms with Crippen LogP contribution in [0.25, 0.3) is 0 Å². The molecule has 1 aromatic rings. The topological polar surface area (TPSA) is 50.4 Å². The summed E-state index contributed by atoms with van der Waals surface area (Å²) in [6.45, 7) is 1.07. The van der Waals surface area contributed by atoms with Gasteiger partial charge in [0.25, 0.3) is 0 Å². The number of para-hydroxylation sites is 1. The van der Waals surface area contributed by atoms with E-state index < -0.39 is 11.9 Å². The van der Waals surface area contributed by atoms with E-state index in [2.05, 4.69) is 10.6 Å². The largest absolute Gasteiger partial charge is 0.398 e. The Labute approximate surface area is 125 Å². The molecule has 2 N–H and O–H groups in total. The second kappa shape index (κ2) is 8.91. The van der Waals surface area contributed by atoms with Crippen molar-refractivity contribution >= 4 is 23.4 Å². The van der Waals surface area contributed by atoms with Gasteiger partial charge in [0.2, 0.25) is 5.91 Å². The number of anilines is 1. The first-order chi connectivity index (χ1) is 9.92. The molecule has 1 rings (SSSR count). The van der Waals surface area contributed by atoms with Gasteiger partial charge in [0.1, 0.15) is 0 Å². The Kier molecular flexibility index (Phi) is 7.55. The summed E-state index contributed by atoms with van der Waals surface area (Å²) in [6.07, 6.45) is -4.25. The molecule has 0 aromatic heterocycles. The fraction of sp³-hybridized carbons (Fsp3) is 0.462. The molecule has 4 nitrogen and oxygen atoms in total. The van der Waals surface area contributed by atoms with Gasteiger partial charge in [0.15, 0.2) is 0 Å². The first-order valence-electron chi connectivity index (χ1n) is 6.20. The van der Waals surface area contributed by atoms with Crippen LogP contribution in [0.2, 0.25) is 0 Å². The molecule has 0 aliphatic rings. The molecule has 0 saturated heterocycles. The molecule has 1 aromatic carbocycles. The Balaban J connectivity index is 2.52. The molecule has 0 spiro atoms. The van der Waals surface area contributed by atoms with Crippen LogP contribution in [0.3, 0.4) is 0 Å². The summed E-state index contributed by atoms with van der Waals surface area (Å²) in [5.41, 5.74) is 0.380. The zero-order valence-corrected chi connectivity index (χ0v) is 12.3. The summed E-state index contributed by atoms with van der Waals surface area (Å²) >= 11 is 0.648. The van der Waals surface area contributed by atoms with Crippen molar-refractivity contribution in [2.45, 2.75) is 11.1 Å². The second-order valence-electron chi connectivity index (χ2n) is 4.12. The molecular formula is C13H17F3N2O2S. The minimum atomic E-state index is -4.25.